The van der Waals surface area contributed by atoms with Gasteiger partial charge in [0.15, 0.2) is 0 Å². The number of methoxy groups -OCH3 is 1. The van der Waals surface area contributed by atoms with Gasteiger partial charge in [0, 0.05) is 32.8 Å². The molecule has 0 fully saturated rings. The lowest BCUT2D eigenvalue weighted by molar-refractivity contribution is 0.0693. The molecule has 3 aromatic carbocycles. The molecule has 174 valence electrons. The summed E-state index contributed by atoms with van der Waals surface area (Å²) in [4.78, 5) is 15.1. The van der Waals surface area contributed by atoms with E-state index in [4.69, 9.17) is 4.74 Å². The smallest absolute Gasteiger partial charge is 0.264 e. The maximum absolute atomic E-state index is 13.3. The number of hydrogen-bond acceptors (Lipinski definition) is 4. The van der Waals surface area contributed by atoms with Crippen LogP contribution in [0, 0.1) is 0 Å². The molecule has 0 saturated heterocycles. The van der Waals surface area contributed by atoms with E-state index in [-0.39, 0.29) is 10.8 Å². The van der Waals surface area contributed by atoms with Gasteiger partial charge in [0.1, 0.15) is 0 Å². The van der Waals surface area contributed by atoms with Crippen LogP contribution in [0.25, 0.3) is 0 Å². The minimum atomic E-state index is -3.81. The van der Waals surface area contributed by atoms with Crippen LogP contribution in [0.4, 0.5) is 5.69 Å². The quantitative estimate of drug-likeness (QED) is 0.424. The Bertz CT molecular complexity index is 1140. The molecule has 7 heteroatoms. The Hall–Kier alpha value is -3.16. The third-order valence-electron chi connectivity index (χ3n) is 5.45. The van der Waals surface area contributed by atoms with Crippen molar-refractivity contribution >= 4 is 21.6 Å². The zero-order chi connectivity index (χ0) is 23.7. The fraction of sp³-hybridized carbons (Fsp3) is 0.269. The summed E-state index contributed by atoms with van der Waals surface area (Å²) < 4.78 is 32.7. The Morgan fingerprint density at radius 1 is 0.879 bits per heavy atom. The van der Waals surface area contributed by atoms with Gasteiger partial charge in [0.05, 0.1) is 17.2 Å². The number of hydrogen-bond donors (Lipinski definition) is 0. The average Bonchev–Trinajstić information content (AvgIpc) is 2.86. The normalized spacial score (nSPS) is 11.2. The van der Waals surface area contributed by atoms with Crippen LogP contribution in [-0.4, -0.2) is 53.1 Å². The summed E-state index contributed by atoms with van der Waals surface area (Å²) >= 11 is 0. The number of aryl methyl sites for hydroxylation is 1. The summed E-state index contributed by atoms with van der Waals surface area (Å²) in [5.74, 6) is -0.209. The molecule has 0 atom stereocenters. The highest BCUT2D eigenvalue weighted by Crippen LogP contribution is 2.23. The van der Waals surface area contributed by atoms with E-state index in [9.17, 15) is 13.2 Å². The van der Waals surface area contributed by atoms with E-state index in [2.05, 4.69) is 12.1 Å². The molecule has 0 spiro atoms. The molecule has 0 radical (unpaired) electrons. The lowest BCUT2D eigenvalue weighted by Gasteiger charge is -2.23. The van der Waals surface area contributed by atoms with Gasteiger partial charge in [-0.3, -0.25) is 9.10 Å². The third-order valence-corrected chi connectivity index (χ3v) is 7.23. The van der Waals surface area contributed by atoms with Crippen molar-refractivity contribution in [3.8, 4) is 0 Å². The van der Waals surface area contributed by atoms with Gasteiger partial charge >= 0.3 is 0 Å². The number of sulfonamides is 1. The second kappa shape index (κ2) is 11.6. The Morgan fingerprint density at radius 2 is 1.55 bits per heavy atom. The zero-order valence-electron chi connectivity index (χ0n) is 19.1. The standard InChI is InChI=1S/C26H30N2O4S/c1-27(24-15-7-4-8-16-24)33(30,31)25-17-9-14-23(21-25)26(29)28(19-20-32-2)18-10-13-22-11-5-3-6-12-22/h3-9,11-12,14-17,21H,10,13,18-20H2,1-2H3. The van der Waals surface area contributed by atoms with Gasteiger partial charge < -0.3 is 9.64 Å². The summed E-state index contributed by atoms with van der Waals surface area (Å²) in [5, 5.41) is 0. The van der Waals surface area contributed by atoms with Gasteiger partial charge in [0.25, 0.3) is 15.9 Å². The molecule has 3 aromatic rings. The molecule has 1 amide bonds. The molecule has 3 rings (SSSR count). The maximum Gasteiger partial charge on any atom is 0.264 e. The minimum Gasteiger partial charge on any atom is -0.383 e. The second-order valence-electron chi connectivity index (χ2n) is 7.71. The first-order valence-electron chi connectivity index (χ1n) is 10.9. The first-order chi connectivity index (χ1) is 15.9. The van der Waals surface area contributed by atoms with Crippen LogP contribution in [0.2, 0.25) is 0 Å². The molecule has 0 bridgehead atoms. The van der Waals surface area contributed by atoms with Crippen LogP contribution in [0.3, 0.4) is 0 Å². The molecule has 0 N–H and O–H groups in total. The first kappa shape index (κ1) is 24.5. The topological polar surface area (TPSA) is 66.9 Å². The van der Waals surface area contributed by atoms with Crippen molar-refractivity contribution in [1.29, 1.82) is 0 Å². The maximum atomic E-state index is 13.3. The van der Waals surface area contributed by atoms with Gasteiger partial charge in [-0.2, -0.15) is 0 Å². The predicted octanol–water partition coefficient (Wildman–Crippen LogP) is 4.23. The zero-order valence-corrected chi connectivity index (χ0v) is 19.9. The Balaban J connectivity index is 1.77. The minimum absolute atomic E-state index is 0.0793. The number of anilines is 1. The molecule has 0 saturated carbocycles. The van der Waals surface area contributed by atoms with E-state index in [1.54, 1.807) is 48.4 Å². The molecule has 0 aliphatic carbocycles. The Labute approximate surface area is 196 Å². The summed E-state index contributed by atoms with van der Waals surface area (Å²) in [6, 6.07) is 25.2. The highest BCUT2D eigenvalue weighted by Gasteiger charge is 2.23. The monoisotopic (exact) mass is 466 g/mol. The molecule has 0 heterocycles. The van der Waals surface area contributed by atoms with Gasteiger partial charge in [-0.15, -0.1) is 0 Å². The largest absolute Gasteiger partial charge is 0.383 e. The number of carbonyl (C=O) groups excluding carboxylic acids is 1. The SMILES string of the molecule is COCCN(CCCc1ccccc1)C(=O)c1cccc(S(=O)(=O)N(C)c2ccccc2)c1. The van der Waals surface area contributed by atoms with Crippen LogP contribution < -0.4 is 4.31 Å². The molecule has 0 aliphatic rings. The molecular weight excluding hydrogens is 436 g/mol. The van der Waals surface area contributed by atoms with Crippen LogP contribution in [-0.2, 0) is 21.2 Å². The summed E-state index contributed by atoms with van der Waals surface area (Å²) in [6.07, 6.45) is 1.65. The van der Waals surface area contributed by atoms with Crippen molar-refractivity contribution in [1.82, 2.24) is 4.90 Å². The number of rotatable bonds is 11. The highest BCUT2D eigenvalue weighted by molar-refractivity contribution is 7.92. The fourth-order valence-electron chi connectivity index (χ4n) is 3.54. The van der Waals surface area contributed by atoms with Crippen LogP contribution in [0.1, 0.15) is 22.3 Å². The van der Waals surface area contributed by atoms with Gasteiger partial charge in [0.2, 0.25) is 0 Å². The lowest BCUT2D eigenvalue weighted by Crippen LogP contribution is -2.35. The van der Waals surface area contributed by atoms with Crippen molar-refractivity contribution < 1.29 is 17.9 Å². The molecule has 0 aliphatic heterocycles. The van der Waals surface area contributed by atoms with E-state index in [1.807, 2.05) is 24.3 Å². The van der Waals surface area contributed by atoms with E-state index in [0.29, 0.717) is 30.9 Å². The third kappa shape index (κ3) is 6.43. The van der Waals surface area contributed by atoms with Gasteiger partial charge in [-0.05, 0) is 48.7 Å². The van der Waals surface area contributed by atoms with Crippen LogP contribution in [0.5, 0.6) is 0 Å². The number of amides is 1. The lowest BCUT2D eigenvalue weighted by atomic mass is 10.1. The Kier molecular flexibility index (Phi) is 8.63. The molecule has 33 heavy (non-hydrogen) atoms. The number of benzene rings is 3. The van der Waals surface area contributed by atoms with E-state index in [0.717, 1.165) is 12.8 Å². The van der Waals surface area contributed by atoms with Gasteiger partial charge in [-0.25, -0.2) is 8.42 Å². The number of para-hydroxylation sites is 1. The number of ether oxygens (including phenoxy) is 1. The van der Waals surface area contributed by atoms with Crippen molar-refractivity contribution in [2.24, 2.45) is 0 Å². The van der Waals surface area contributed by atoms with Crippen molar-refractivity contribution in [2.75, 3.05) is 38.2 Å². The summed E-state index contributed by atoms with van der Waals surface area (Å²) in [5.41, 5.74) is 2.11. The first-order valence-corrected chi connectivity index (χ1v) is 12.3. The Morgan fingerprint density at radius 3 is 2.21 bits per heavy atom. The second-order valence-corrected chi connectivity index (χ2v) is 9.68. The number of nitrogens with zero attached hydrogens (tertiary/aromatic N) is 2. The van der Waals surface area contributed by atoms with Crippen molar-refractivity contribution in [2.45, 2.75) is 17.7 Å². The molecule has 6 nitrogen and oxygen atoms in total. The fourth-order valence-corrected chi connectivity index (χ4v) is 4.78. The highest BCUT2D eigenvalue weighted by atomic mass is 32.2. The van der Waals surface area contributed by atoms with Crippen LogP contribution >= 0.6 is 0 Å². The summed E-state index contributed by atoms with van der Waals surface area (Å²) in [6.45, 7) is 1.40. The molecule has 0 unspecified atom stereocenters. The van der Waals surface area contributed by atoms with Gasteiger partial charge in [-0.1, -0.05) is 54.6 Å². The van der Waals surface area contributed by atoms with Crippen molar-refractivity contribution in [3.05, 3.63) is 96.1 Å². The predicted molar refractivity (Wildman–Crippen MR) is 131 cm³/mol. The molecular formula is C26H30N2O4S. The van der Waals surface area contributed by atoms with E-state index in [1.165, 1.54) is 29.0 Å². The van der Waals surface area contributed by atoms with Crippen LogP contribution in [0.15, 0.2) is 89.8 Å². The summed E-state index contributed by atoms with van der Waals surface area (Å²) in [7, 11) is -0.702. The molecule has 0 aromatic heterocycles. The van der Waals surface area contributed by atoms with Crippen molar-refractivity contribution in [3.63, 3.8) is 0 Å². The van der Waals surface area contributed by atoms with E-state index < -0.39 is 10.0 Å². The number of carbonyl (C=O) groups is 1. The average molecular weight is 467 g/mol. The van der Waals surface area contributed by atoms with E-state index >= 15 is 0 Å².